The third-order valence-electron chi connectivity index (χ3n) is 4.37. The van der Waals surface area contributed by atoms with Crippen molar-refractivity contribution in [1.82, 2.24) is 0 Å². The molecule has 0 aliphatic carbocycles. The molecule has 11 nitrogen and oxygen atoms in total. The first kappa shape index (κ1) is 21.9. The van der Waals surface area contributed by atoms with Gasteiger partial charge in [-0.3, -0.25) is 0 Å². The van der Waals surface area contributed by atoms with E-state index in [4.69, 9.17) is 18.9 Å². The van der Waals surface area contributed by atoms with Gasteiger partial charge in [0, 0.05) is 0 Å². The molecule has 2 aliphatic heterocycles. The summed E-state index contributed by atoms with van der Waals surface area (Å²) in [6.45, 7) is 3.08. The van der Waals surface area contributed by atoms with Crippen molar-refractivity contribution >= 4 is 0 Å². The third-order valence-corrected chi connectivity index (χ3v) is 4.37. The van der Waals surface area contributed by atoms with E-state index in [1.807, 2.05) is 0 Å². The van der Waals surface area contributed by atoms with E-state index in [1.165, 1.54) is 0 Å². The number of aliphatic hydroxyl groups is 7. The van der Waals surface area contributed by atoms with E-state index in [0.29, 0.717) is 0 Å². The van der Waals surface area contributed by atoms with Gasteiger partial charge < -0.3 is 54.7 Å². The Balaban J connectivity index is 1.94. The molecule has 154 valence electrons. The molecule has 2 aliphatic rings. The zero-order valence-electron chi connectivity index (χ0n) is 14.5. The summed E-state index contributed by atoms with van der Waals surface area (Å²) in [6.07, 6.45) is -14.8. The van der Waals surface area contributed by atoms with Crippen LogP contribution < -0.4 is 0 Å². The van der Waals surface area contributed by atoms with Gasteiger partial charge in [0.05, 0.1) is 19.3 Å². The Kier molecular flexibility index (Phi) is 7.71. The highest BCUT2D eigenvalue weighted by Crippen LogP contribution is 2.25. The largest absolute Gasteiger partial charge is 0.387 e. The van der Waals surface area contributed by atoms with Gasteiger partial charge in [0.15, 0.2) is 12.6 Å². The smallest absolute Gasteiger partial charge is 0.186 e. The topological polar surface area (TPSA) is 179 Å². The maximum absolute atomic E-state index is 10.0. The van der Waals surface area contributed by atoms with Gasteiger partial charge in [-0.1, -0.05) is 0 Å². The number of hydrogen-bond donors (Lipinski definition) is 7. The van der Waals surface area contributed by atoms with Crippen molar-refractivity contribution in [3.63, 3.8) is 0 Å². The summed E-state index contributed by atoms with van der Waals surface area (Å²) in [6, 6.07) is 0. The van der Waals surface area contributed by atoms with Crippen LogP contribution in [0.15, 0.2) is 0 Å². The van der Waals surface area contributed by atoms with E-state index >= 15 is 0 Å². The fraction of sp³-hybridized carbons (Fsp3) is 1.00. The highest BCUT2D eigenvalue weighted by molar-refractivity contribution is 4.91. The molecule has 26 heavy (non-hydrogen) atoms. The van der Waals surface area contributed by atoms with Gasteiger partial charge in [-0.05, 0) is 13.8 Å². The SMILES string of the molecule is CC(C)OCC1OC(OCC2OC(O)C(O)C(O)C2O)C(O)C(O)C1O. The van der Waals surface area contributed by atoms with Crippen molar-refractivity contribution in [2.24, 2.45) is 0 Å². The summed E-state index contributed by atoms with van der Waals surface area (Å²) < 4.78 is 21.0. The second-order valence-corrected chi connectivity index (χ2v) is 6.77. The molecular weight excluding hydrogens is 356 g/mol. The van der Waals surface area contributed by atoms with Crippen molar-refractivity contribution in [3.05, 3.63) is 0 Å². The monoisotopic (exact) mass is 384 g/mol. The molecular formula is C15H28O11. The van der Waals surface area contributed by atoms with E-state index in [1.54, 1.807) is 13.8 Å². The molecule has 0 aromatic carbocycles. The Bertz CT molecular complexity index is 436. The van der Waals surface area contributed by atoms with Gasteiger partial charge in [-0.15, -0.1) is 0 Å². The molecule has 2 heterocycles. The minimum Gasteiger partial charge on any atom is -0.387 e. The van der Waals surface area contributed by atoms with Gasteiger partial charge in [-0.25, -0.2) is 0 Å². The maximum Gasteiger partial charge on any atom is 0.186 e. The Morgan fingerprint density at radius 3 is 1.81 bits per heavy atom. The van der Waals surface area contributed by atoms with Gasteiger partial charge in [0.25, 0.3) is 0 Å². The molecule has 0 radical (unpaired) electrons. The van der Waals surface area contributed by atoms with Crippen LogP contribution in [0, 0.1) is 0 Å². The van der Waals surface area contributed by atoms with Gasteiger partial charge in [-0.2, -0.15) is 0 Å². The molecule has 2 fully saturated rings. The molecule has 0 aromatic heterocycles. The van der Waals surface area contributed by atoms with Crippen molar-refractivity contribution in [2.75, 3.05) is 13.2 Å². The van der Waals surface area contributed by atoms with Gasteiger partial charge in [0.1, 0.15) is 48.8 Å². The van der Waals surface area contributed by atoms with E-state index in [2.05, 4.69) is 0 Å². The minimum absolute atomic E-state index is 0.0470. The Morgan fingerprint density at radius 1 is 0.692 bits per heavy atom. The predicted molar refractivity (Wildman–Crippen MR) is 82.6 cm³/mol. The highest BCUT2D eigenvalue weighted by atomic mass is 16.7. The Labute approximate surface area is 150 Å². The van der Waals surface area contributed by atoms with Crippen LogP contribution in [0.5, 0.6) is 0 Å². The molecule has 0 bridgehead atoms. The quantitative estimate of drug-likeness (QED) is 0.237. The van der Waals surface area contributed by atoms with Crippen LogP contribution in [0.3, 0.4) is 0 Å². The van der Waals surface area contributed by atoms with E-state index in [0.717, 1.165) is 0 Å². The number of hydrogen-bond acceptors (Lipinski definition) is 11. The van der Waals surface area contributed by atoms with Crippen LogP contribution >= 0.6 is 0 Å². The number of rotatable bonds is 6. The summed E-state index contributed by atoms with van der Waals surface area (Å²) in [5, 5.41) is 68.4. The van der Waals surface area contributed by atoms with Crippen LogP contribution in [0.4, 0.5) is 0 Å². The fourth-order valence-electron chi connectivity index (χ4n) is 2.74. The maximum atomic E-state index is 10.0. The summed E-state index contributed by atoms with van der Waals surface area (Å²) in [4.78, 5) is 0. The first-order valence-corrected chi connectivity index (χ1v) is 8.44. The normalized spacial score (nSPS) is 47.3. The zero-order valence-corrected chi connectivity index (χ0v) is 14.5. The molecule has 0 saturated carbocycles. The number of ether oxygens (including phenoxy) is 4. The van der Waals surface area contributed by atoms with Crippen molar-refractivity contribution in [3.8, 4) is 0 Å². The van der Waals surface area contributed by atoms with Crippen LogP contribution in [-0.4, -0.2) is 116 Å². The van der Waals surface area contributed by atoms with Gasteiger partial charge >= 0.3 is 0 Å². The predicted octanol–water partition coefficient (Wildman–Crippen LogP) is -3.96. The lowest BCUT2D eigenvalue weighted by atomic mass is 9.98. The molecule has 2 rings (SSSR count). The lowest BCUT2D eigenvalue weighted by Crippen LogP contribution is -2.61. The van der Waals surface area contributed by atoms with Crippen molar-refractivity contribution in [2.45, 2.75) is 81.4 Å². The average Bonchev–Trinajstić information content (AvgIpc) is 2.60. The fourth-order valence-corrected chi connectivity index (χ4v) is 2.74. The standard InChI is InChI=1S/C15H28O11/c1-5(2)23-3-7-9(17)11(19)13(21)15(26-7)24-4-6-8(16)10(18)12(20)14(22)25-6/h5-22H,3-4H2,1-2H3. The minimum atomic E-state index is -1.72. The lowest BCUT2D eigenvalue weighted by Gasteiger charge is -2.42. The molecule has 10 atom stereocenters. The molecule has 0 aromatic rings. The van der Waals surface area contributed by atoms with E-state index < -0.39 is 68.0 Å². The summed E-state index contributed by atoms with van der Waals surface area (Å²) in [7, 11) is 0. The van der Waals surface area contributed by atoms with Crippen molar-refractivity contribution in [1.29, 1.82) is 0 Å². The van der Waals surface area contributed by atoms with Crippen LogP contribution in [-0.2, 0) is 18.9 Å². The second kappa shape index (κ2) is 9.17. The van der Waals surface area contributed by atoms with Crippen LogP contribution in [0.2, 0.25) is 0 Å². The van der Waals surface area contributed by atoms with Crippen LogP contribution in [0.1, 0.15) is 13.8 Å². The summed E-state index contributed by atoms with van der Waals surface area (Å²) >= 11 is 0. The van der Waals surface area contributed by atoms with Gasteiger partial charge in [0.2, 0.25) is 0 Å². The lowest BCUT2D eigenvalue weighted by molar-refractivity contribution is -0.327. The number of aliphatic hydroxyl groups excluding tert-OH is 7. The van der Waals surface area contributed by atoms with E-state index in [-0.39, 0.29) is 12.7 Å². The Hall–Kier alpha value is -0.440. The molecule has 0 spiro atoms. The molecule has 0 amide bonds. The summed E-state index contributed by atoms with van der Waals surface area (Å²) in [5.41, 5.74) is 0. The average molecular weight is 384 g/mol. The first-order chi connectivity index (χ1) is 12.1. The van der Waals surface area contributed by atoms with E-state index in [9.17, 15) is 35.7 Å². The summed E-state index contributed by atoms with van der Waals surface area (Å²) in [5.74, 6) is 0. The second-order valence-electron chi connectivity index (χ2n) is 6.77. The highest BCUT2D eigenvalue weighted by Gasteiger charge is 2.47. The molecule has 7 N–H and O–H groups in total. The third kappa shape index (κ3) is 4.88. The molecule has 11 heteroatoms. The zero-order chi connectivity index (χ0) is 19.6. The molecule has 10 unspecified atom stereocenters. The van der Waals surface area contributed by atoms with Crippen LogP contribution in [0.25, 0.3) is 0 Å². The van der Waals surface area contributed by atoms with Crippen molar-refractivity contribution < 1.29 is 54.7 Å². The first-order valence-electron chi connectivity index (χ1n) is 8.44. The Morgan fingerprint density at radius 2 is 1.23 bits per heavy atom. The molecule has 2 saturated heterocycles.